The van der Waals surface area contributed by atoms with Crippen LogP contribution in [0, 0.1) is 11.8 Å². The molecule has 0 unspecified atom stereocenters. The van der Waals surface area contributed by atoms with E-state index in [1.165, 1.54) is 0 Å². The predicted octanol–water partition coefficient (Wildman–Crippen LogP) is 2.21. The molecule has 1 N–H and O–H groups in total. The second kappa shape index (κ2) is 7.08. The van der Waals surface area contributed by atoms with Gasteiger partial charge < -0.3 is 5.32 Å². The summed E-state index contributed by atoms with van der Waals surface area (Å²) in [6, 6.07) is 0.539. The van der Waals surface area contributed by atoms with E-state index in [4.69, 9.17) is 0 Å². The molecule has 16 heavy (non-hydrogen) atoms. The van der Waals surface area contributed by atoms with Crippen molar-refractivity contribution in [1.82, 2.24) is 15.1 Å². The molecule has 1 aliphatic rings. The molecule has 0 radical (unpaired) electrons. The van der Waals surface area contributed by atoms with Gasteiger partial charge in [0.1, 0.15) is 0 Å². The van der Waals surface area contributed by atoms with Gasteiger partial charge in [-0.3, -0.25) is 4.68 Å². The number of unbranched alkanes of at least 4 members (excludes halogenated alkanes) is 1. The molecule has 0 aromatic carbocycles. The number of hydrogen-bond acceptors (Lipinski definition) is 2. The van der Waals surface area contributed by atoms with Crippen LogP contribution in [-0.2, 0) is 0 Å². The molecule has 0 aliphatic carbocycles. The van der Waals surface area contributed by atoms with E-state index < -0.39 is 0 Å². The standard InChI is InChI=1S/C11H15N3.C2H6/c1-2-3-4-5-10-6-13-14(9-10)11-7-12-8-11;1-2/h6,9,11-12H,2-3,7-8H2,1H3;1-2H3. The fourth-order valence-electron chi connectivity index (χ4n) is 1.35. The van der Waals surface area contributed by atoms with Crippen molar-refractivity contribution in [1.29, 1.82) is 0 Å². The van der Waals surface area contributed by atoms with E-state index >= 15 is 0 Å². The Balaban J connectivity index is 0.000000606. The lowest BCUT2D eigenvalue weighted by Gasteiger charge is -2.26. The summed E-state index contributed by atoms with van der Waals surface area (Å²) in [7, 11) is 0. The molecule has 1 aromatic heterocycles. The van der Waals surface area contributed by atoms with Gasteiger partial charge in [0.25, 0.3) is 0 Å². The third-order valence-electron chi connectivity index (χ3n) is 2.34. The van der Waals surface area contributed by atoms with Crippen LogP contribution in [-0.4, -0.2) is 22.9 Å². The van der Waals surface area contributed by atoms with Gasteiger partial charge in [-0.25, -0.2) is 0 Å². The lowest BCUT2D eigenvalue weighted by molar-refractivity contribution is 0.318. The molecule has 0 amide bonds. The predicted molar refractivity (Wildman–Crippen MR) is 67.3 cm³/mol. The highest BCUT2D eigenvalue weighted by Crippen LogP contribution is 2.10. The van der Waals surface area contributed by atoms with Crippen molar-refractivity contribution in [3.8, 4) is 11.8 Å². The normalized spacial score (nSPS) is 14.2. The topological polar surface area (TPSA) is 29.9 Å². The summed E-state index contributed by atoms with van der Waals surface area (Å²) >= 11 is 0. The van der Waals surface area contributed by atoms with E-state index in [9.17, 15) is 0 Å². The van der Waals surface area contributed by atoms with Crippen molar-refractivity contribution < 1.29 is 0 Å². The van der Waals surface area contributed by atoms with Crippen LogP contribution >= 0.6 is 0 Å². The molecule has 0 spiro atoms. The van der Waals surface area contributed by atoms with Crippen molar-refractivity contribution >= 4 is 0 Å². The van der Waals surface area contributed by atoms with E-state index in [1.807, 2.05) is 30.9 Å². The van der Waals surface area contributed by atoms with Crippen LogP contribution in [0.1, 0.15) is 45.2 Å². The van der Waals surface area contributed by atoms with Crippen LogP contribution in [0.3, 0.4) is 0 Å². The number of nitrogens with one attached hydrogen (secondary N) is 1. The summed E-state index contributed by atoms with van der Waals surface area (Å²) in [5.41, 5.74) is 1.03. The summed E-state index contributed by atoms with van der Waals surface area (Å²) in [6.45, 7) is 8.20. The van der Waals surface area contributed by atoms with E-state index in [0.717, 1.165) is 31.5 Å². The lowest BCUT2D eigenvalue weighted by atomic mass is 10.2. The fraction of sp³-hybridized carbons (Fsp3) is 0.615. The third kappa shape index (κ3) is 3.39. The number of aromatic nitrogens is 2. The fourth-order valence-corrected chi connectivity index (χ4v) is 1.35. The minimum absolute atomic E-state index is 0.539. The molecule has 1 saturated heterocycles. The maximum absolute atomic E-state index is 4.29. The molecule has 0 saturated carbocycles. The Kier molecular flexibility index (Phi) is 5.66. The molecule has 2 heterocycles. The lowest BCUT2D eigenvalue weighted by Crippen LogP contribution is -2.43. The summed E-state index contributed by atoms with van der Waals surface area (Å²) < 4.78 is 2.01. The summed E-state index contributed by atoms with van der Waals surface area (Å²) in [4.78, 5) is 0. The van der Waals surface area contributed by atoms with E-state index in [2.05, 4.69) is 29.2 Å². The molecule has 3 heteroatoms. The molecule has 0 bridgehead atoms. The molecular weight excluding hydrogens is 198 g/mol. The third-order valence-corrected chi connectivity index (χ3v) is 2.34. The first kappa shape index (κ1) is 12.8. The van der Waals surface area contributed by atoms with Gasteiger partial charge in [0.2, 0.25) is 0 Å². The van der Waals surface area contributed by atoms with Crippen LogP contribution in [0.4, 0.5) is 0 Å². The Morgan fingerprint density at radius 2 is 2.25 bits per heavy atom. The van der Waals surface area contributed by atoms with E-state index in [1.54, 1.807) is 0 Å². The van der Waals surface area contributed by atoms with Gasteiger partial charge in [-0.15, -0.1) is 0 Å². The maximum Gasteiger partial charge on any atom is 0.0768 e. The molecule has 2 rings (SSSR count). The van der Waals surface area contributed by atoms with Crippen molar-refractivity contribution in [2.45, 2.75) is 39.7 Å². The Hall–Kier alpha value is -1.27. The summed E-state index contributed by atoms with van der Waals surface area (Å²) in [5, 5.41) is 7.52. The van der Waals surface area contributed by atoms with Crippen LogP contribution < -0.4 is 5.32 Å². The van der Waals surface area contributed by atoms with Gasteiger partial charge in [0.05, 0.1) is 17.8 Å². The van der Waals surface area contributed by atoms with Gasteiger partial charge >= 0.3 is 0 Å². The quantitative estimate of drug-likeness (QED) is 0.773. The van der Waals surface area contributed by atoms with Crippen molar-refractivity contribution in [3.05, 3.63) is 18.0 Å². The van der Waals surface area contributed by atoms with Crippen molar-refractivity contribution in [3.63, 3.8) is 0 Å². The van der Waals surface area contributed by atoms with E-state index in [0.29, 0.717) is 6.04 Å². The van der Waals surface area contributed by atoms with Gasteiger partial charge in [-0.1, -0.05) is 32.6 Å². The highest BCUT2D eigenvalue weighted by molar-refractivity contribution is 5.29. The van der Waals surface area contributed by atoms with Crippen molar-refractivity contribution in [2.24, 2.45) is 0 Å². The second-order valence-corrected chi connectivity index (χ2v) is 3.57. The smallest absolute Gasteiger partial charge is 0.0768 e. The average molecular weight is 219 g/mol. The largest absolute Gasteiger partial charge is 0.312 e. The zero-order valence-corrected chi connectivity index (χ0v) is 10.5. The highest BCUT2D eigenvalue weighted by atomic mass is 15.3. The maximum atomic E-state index is 4.29. The van der Waals surface area contributed by atoms with Crippen LogP contribution in [0.2, 0.25) is 0 Å². The Labute approximate surface area is 98.2 Å². The highest BCUT2D eigenvalue weighted by Gasteiger charge is 2.18. The van der Waals surface area contributed by atoms with Gasteiger partial charge in [0.15, 0.2) is 0 Å². The Bertz CT molecular complexity index is 353. The number of hydrogen-bond donors (Lipinski definition) is 1. The molecule has 1 aromatic rings. The number of nitrogens with zero attached hydrogens (tertiary/aromatic N) is 2. The van der Waals surface area contributed by atoms with Gasteiger partial charge in [0, 0.05) is 25.7 Å². The zero-order chi connectivity index (χ0) is 11.8. The molecular formula is C13H21N3. The van der Waals surface area contributed by atoms with Gasteiger partial charge in [-0.2, -0.15) is 5.10 Å². The van der Waals surface area contributed by atoms with Crippen LogP contribution in [0.5, 0.6) is 0 Å². The molecule has 3 nitrogen and oxygen atoms in total. The second-order valence-electron chi connectivity index (χ2n) is 3.57. The first-order valence-electron chi connectivity index (χ1n) is 6.14. The summed E-state index contributed by atoms with van der Waals surface area (Å²) in [6.07, 6.45) is 5.97. The van der Waals surface area contributed by atoms with E-state index in [-0.39, 0.29) is 0 Å². The average Bonchev–Trinajstić information content (AvgIpc) is 2.68. The first-order valence-corrected chi connectivity index (χ1v) is 6.14. The molecule has 1 fully saturated rings. The molecule has 0 atom stereocenters. The minimum Gasteiger partial charge on any atom is -0.312 e. The zero-order valence-electron chi connectivity index (χ0n) is 10.5. The summed E-state index contributed by atoms with van der Waals surface area (Å²) in [5.74, 6) is 6.24. The Morgan fingerprint density at radius 1 is 1.50 bits per heavy atom. The first-order chi connectivity index (χ1) is 7.90. The SMILES string of the molecule is CC.CCCC#Cc1cnn(C2CNC2)c1. The van der Waals surface area contributed by atoms with Crippen molar-refractivity contribution in [2.75, 3.05) is 13.1 Å². The van der Waals surface area contributed by atoms with Crippen LogP contribution in [0.25, 0.3) is 0 Å². The molecule has 88 valence electrons. The number of rotatable bonds is 2. The molecule has 1 aliphatic heterocycles. The van der Waals surface area contributed by atoms with Gasteiger partial charge in [-0.05, 0) is 6.42 Å². The van der Waals surface area contributed by atoms with Crippen LogP contribution in [0.15, 0.2) is 12.4 Å². The monoisotopic (exact) mass is 219 g/mol. The minimum atomic E-state index is 0.539. The Morgan fingerprint density at radius 3 is 2.81 bits per heavy atom.